The molecule has 2 amide bonds. The first-order valence-electron chi connectivity index (χ1n) is 13.0. The van der Waals surface area contributed by atoms with Gasteiger partial charge in [-0.25, -0.2) is 8.42 Å². The zero-order chi connectivity index (χ0) is 28.8. The Bertz CT molecular complexity index is 1380. The van der Waals surface area contributed by atoms with Crippen LogP contribution in [0.15, 0.2) is 78.9 Å². The first kappa shape index (κ1) is 29.9. The SMILES string of the molecule is Cc1cccc(N(CC(=O)N(Cc2ccccc2)[C@H](Cc2ccccc2)C(=O)NC(C)(C)C)S(C)(=O)=O)c1C. The molecular formula is C31H39N3O4S. The molecule has 0 saturated heterocycles. The minimum Gasteiger partial charge on any atom is -0.350 e. The van der Waals surface area contributed by atoms with Crippen molar-refractivity contribution in [2.24, 2.45) is 0 Å². The van der Waals surface area contributed by atoms with Gasteiger partial charge in [-0.2, -0.15) is 0 Å². The summed E-state index contributed by atoms with van der Waals surface area (Å²) in [4.78, 5) is 29.3. The minimum atomic E-state index is -3.81. The van der Waals surface area contributed by atoms with Crippen LogP contribution < -0.4 is 9.62 Å². The fourth-order valence-corrected chi connectivity index (χ4v) is 5.29. The first-order chi connectivity index (χ1) is 18.3. The van der Waals surface area contributed by atoms with Crippen LogP contribution in [0.2, 0.25) is 0 Å². The molecule has 1 N–H and O–H groups in total. The van der Waals surface area contributed by atoms with Crippen LogP contribution in [0.1, 0.15) is 43.0 Å². The highest BCUT2D eigenvalue weighted by Crippen LogP contribution is 2.26. The molecule has 0 unspecified atom stereocenters. The van der Waals surface area contributed by atoms with E-state index in [4.69, 9.17) is 0 Å². The van der Waals surface area contributed by atoms with Crippen LogP contribution in [0.25, 0.3) is 0 Å². The summed E-state index contributed by atoms with van der Waals surface area (Å²) in [6.07, 6.45) is 1.38. The lowest BCUT2D eigenvalue weighted by Gasteiger charge is -2.35. The van der Waals surface area contributed by atoms with Crippen molar-refractivity contribution < 1.29 is 18.0 Å². The fraction of sp³-hybridized carbons (Fsp3) is 0.355. The van der Waals surface area contributed by atoms with Crippen molar-refractivity contribution >= 4 is 27.5 Å². The van der Waals surface area contributed by atoms with E-state index in [-0.39, 0.29) is 18.9 Å². The number of rotatable bonds is 10. The molecule has 3 rings (SSSR count). The van der Waals surface area contributed by atoms with Gasteiger partial charge in [0.2, 0.25) is 21.8 Å². The van der Waals surface area contributed by atoms with E-state index >= 15 is 0 Å². The Morgan fingerprint density at radius 2 is 1.41 bits per heavy atom. The van der Waals surface area contributed by atoms with Crippen molar-refractivity contribution in [3.05, 3.63) is 101 Å². The molecule has 1 atom stereocenters. The van der Waals surface area contributed by atoms with Crippen molar-refractivity contribution in [2.75, 3.05) is 17.1 Å². The second kappa shape index (κ2) is 12.5. The third-order valence-electron chi connectivity index (χ3n) is 6.49. The molecule has 3 aromatic carbocycles. The maximum atomic E-state index is 14.1. The van der Waals surface area contributed by atoms with Gasteiger partial charge in [0.15, 0.2) is 0 Å². The Balaban J connectivity index is 2.08. The van der Waals surface area contributed by atoms with Crippen molar-refractivity contribution in [2.45, 2.75) is 59.2 Å². The van der Waals surface area contributed by atoms with Gasteiger partial charge < -0.3 is 10.2 Å². The number of nitrogens with one attached hydrogen (secondary N) is 1. The van der Waals surface area contributed by atoms with Crippen LogP contribution in [0.3, 0.4) is 0 Å². The van der Waals surface area contributed by atoms with Gasteiger partial charge in [0.25, 0.3) is 0 Å². The highest BCUT2D eigenvalue weighted by Gasteiger charge is 2.34. The Hall–Kier alpha value is -3.65. The molecule has 3 aromatic rings. The second-order valence-corrected chi connectivity index (χ2v) is 12.8. The number of amides is 2. The molecule has 0 aliphatic heterocycles. The van der Waals surface area contributed by atoms with E-state index in [1.807, 2.05) is 101 Å². The van der Waals surface area contributed by atoms with Crippen LogP contribution in [0, 0.1) is 13.8 Å². The lowest BCUT2D eigenvalue weighted by atomic mass is 10.0. The van der Waals surface area contributed by atoms with E-state index in [0.717, 1.165) is 32.8 Å². The third-order valence-corrected chi connectivity index (χ3v) is 7.62. The quantitative estimate of drug-likeness (QED) is 0.400. The number of carbonyl (C=O) groups excluding carboxylic acids is 2. The first-order valence-corrected chi connectivity index (χ1v) is 14.8. The van der Waals surface area contributed by atoms with Gasteiger partial charge in [-0.3, -0.25) is 13.9 Å². The Kier molecular flexibility index (Phi) is 9.56. The van der Waals surface area contributed by atoms with Gasteiger partial charge in [-0.05, 0) is 62.9 Å². The Morgan fingerprint density at radius 3 is 1.95 bits per heavy atom. The number of nitrogens with zero attached hydrogens (tertiary/aromatic N) is 2. The Morgan fingerprint density at radius 1 is 0.846 bits per heavy atom. The second-order valence-electron chi connectivity index (χ2n) is 10.9. The van der Waals surface area contributed by atoms with E-state index in [1.165, 1.54) is 4.90 Å². The minimum absolute atomic E-state index is 0.152. The molecule has 0 spiro atoms. The molecule has 0 fully saturated rings. The maximum Gasteiger partial charge on any atom is 0.244 e. The van der Waals surface area contributed by atoms with Gasteiger partial charge in [0, 0.05) is 18.5 Å². The summed E-state index contributed by atoms with van der Waals surface area (Å²) in [5.41, 5.74) is 3.35. The van der Waals surface area contributed by atoms with Crippen LogP contribution in [-0.4, -0.2) is 49.5 Å². The Labute approximate surface area is 232 Å². The zero-order valence-corrected chi connectivity index (χ0v) is 24.5. The average molecular weight is 550 g/mol. The lowest BCUT2D eigenvalue weighted by molar-refractivity contribution is -0.140. The molecule has 0 aromatic heterocycles. The fourth-order valence-electron chi connectivity index (χ4n) is 4.39. The predicted octanol–water partition coefficient (Wildman–Crippen LogP) is 4.62. The molecule has 0 saturated carbocycles. The number of benzene rings is 3. The molecule has 0 aliphatic carbocycles. The summed E-state index contributed by atoms with van der Waals surface area (Å²) in [6, 6.07) is 23.4. The molecule has 7 nitrogen and oxygen atoms in total. The van der Waals surface area contributed by atoms with Crippen molar-refractivity contribution in [3.63, 3.8) is 0 Å². The molecular weight excluding hydrogens is 510 g/mol. The average Bonchev–Trinajstić information content (AvgIpc) is 2.86. The molecule has 39 heavy (non-hydrogen) atoms. The number of sulfonamides is 1. The normalized spacial score (nSPS) is 12.5. The largest absolute Gasteiger partial charge is 0.350 e. The van der Waals surface area contributed by atoms with Gasteiger partial charge in [0.1, 0.15) is 12.6 Å². The van der Waals surface area contributed by atoms with Crippen LogP contribution in [0.4, 0.5) is 5.69 Å². The van der Waals surface area contributed by atoms with E-state index in [1.54, 1.807) is 12.1 Å². The summed E-state index contributed by atoms with van der Waals surface area (Å²) >= 11 is 0. The molecule has 0 radical (unpaired) electrons. The summed E-state index contributed by atoms with van der Waals surface area (Å²) < 4.78 is 27.1. The highest BCUT2D eigenvalue weighted by molar-refractivity contribution is 7.92. The third kappa shape index (κ3) is 8.42. The number of carbonyl (C=O) groups is 2. The molecule has 0 bridgehead atoms. The highest BCUT2D eigenvalue weighted by atomic mass is 32.2. The number of hydrogen-bond acceptors (Lipinski definition) is 4. The van der Waals surface area contributed by atoms with Crippen molar-refractivity contribution in [1.82, 2.24) is 10.2 Å². The molecule has 0 heterocycles. The van der Waals surface area contributed by atoms with Crippen LogP contribution >= 0.6 is 0 Å². The topological polar surface area (TPSA) is 86.8 Å². The number of hydrogen-bond donors (Lipinski definition) is 1. The van der Waals surface area contributed by atoms with Gasteiger partial charge in [-0.1, -0.05) is 72.8 Å². The van der Waals surface area contributed by atoms with Gasteiger partial charge in [0.05, 0.1) is 11.9 Å². The summed E-state index contributed by atoms with van der Waals surface area (Å²) in [5, 5.41) is 3.03. The standard InChI is InChI=1S/C31H39N3O4S/c1-23-14-13-19-27(24(23)2)34(39(6,37)38)22-29(35)33(21-26-17-11-8-12-18-26)28(30(36)32-31(3,4)5)20-25-15-9-7-10-16-25/h7-19,28H,20-22H2,1-6H3,(H,32,36)/t28-/m1/s1. The summed E-state index contributed by atoms with van der Waals surface area (Å²) in [7, 11) is -3.81. The van der Waals surface area contributed by atoms with Crippen molar-refractivity contribution in [3.8, 4) is 0 Å². The van der Waals surface area contributed by atoms with Crippen LogP contribution in [-0.2, 0) is 32.6 Å². The van der Waals surface area contributed by atoms with E-state index < -0.39 is 34.1 Å². The van der Waals surface area contributed by atoms with Gasteiger partial charge in [-0.15, -0.1) is 0 Å². The molecule has 208 valence electrons. The number of anilines is 1. The van der Waals surface area contributed by atoms with Crippen LogP contribution in [0.5, 0.6) is 0 Å². The molecule has 0 aliphatic rings. The lowest BCUT2D eigenvalue weighted by Crippen LogP contribution is -2.56. The van der Waals surface area contributed by atoms with E-state index in [2.05, 4.69) is 5.32 Å². The van der Waals surface area contributed by atoms with E-state index in [0.29, 0.717) is 5.69 Å². The molecule has 8 heteroatoms. The smallest absolute Gasteiger partial charge is 0.244 e. The predicted molar refractivity (Wildman–Crippen MR) is 157 cm³/mol. The summed E-state index contributed by atoms with van der Waals surface area (Å²) in [6.45, 7) is 9.13. The monoisotopic (exact) mass is 549 g/mol. The van der Waals surface area contributed by atoms with E-state index in [9.17, 15) is 18.0 Å². The zero-order valence-electron chi connectivity index (χ0n) is 23.6. The maximum absolute atomic E-state index is 14.1. The van der Waals surface area contributed by atoms with Crippen molar-refractivity contribution in [1.29, 1.82) is 0 Å². The summed E-state index contributed by atoms with van der Waals surface area (Å²) in [5.74, 6) is -0.761. The van der Waals surface area contributed by atoms with Gasteiger partial charge >= 0.3 is 0 Å². The number of aryl methyl sites for hydroxylation is 1.